The van der Waals surface area contributed by atoms with Crippen LogP contribution in [0.2, 0.25) is 5.02 Å². The van der Waals surface area contributed by atoms with Gasteiger partial charge in [0.05, 0.1) is 16.7 Å². The van der Waals surface area contributed by atoms with Crippen molar-refractivity contribution in [3.05, 3.63) is 75.7 Å². The van der Waals surface area contributed by atoms with Gasteiger partial charge in [0.2, 0.25) is 0 Å². The molecular weight excluding hydrogens is 592 g/mol. The van der Waals surface area contributed by atoms with Crippen molar-refractivity contribution in [3.63, 3.8) is 0 Å². The summed E-state index contributed by atoms with van der Waals surface area (Å²) in [5.41, 5.74) is 8.98. The number of hydrogen-bond donors (Lipinski definition) is 6. The maximum Gasteiger partial charge on any atom is 0.296 e. The van der Waals surface area contributed by atoms with Gasteiger partial charge in [0, 0.05) is 44.9 Å². The normalized spacial score (nSPS) is 9.58. The molecule has 3 aromatic rings. The van der Waals surface area contributed by atoms with E-state index in [-0.39, 0.29) is 38.3 Å². The van der Waals surface area contributed by atoms with E-state index in [1.807, 2.05) is 32.2 Å². The molecular formula is C21H24ClN4O4W+. The van der Waals surface area contributed by atoms with Gasteiger partial charge in [-0.2, -0.15) is 0 Å². The summed E-state index contributed by atoms with van der Waals surface area (Å²) in [5.74, 6) is -0.640. The zero-order valence-corrected chi connectivity index (χ0v) is 20.9. The standard InChI is InChI=1S/C13H11ClN2O3.C8H12N2O.W/c1-8-10(14)3-2-4-11(8)15-16(19)9-5-6-12(17)13(18)7-9;1-6-7(9-2)4-3-5-8(6)10-11;/h2-7H,1H3,(H2-,15,17,18,19);3-5,9-11H,1-2H3;/p+1. The Morgan fingerprint density at radius 2 is 1.48 bits per heavy atom. The second-order valence-corrected chi connectivity index (χ2v) is 6.74. The van der Waals surface area contributed by atoms with Crippen molar-refractivity contribution in [1.82, 2.24) is 0 Å². The molecule has 0 aliphatic heterocycles. The van der Waals surface area contributed by atoms with E-state index < -0.39 is 0 Å². The van der Waals surface area contributed by atoms with Crippen LogP contribution in [0.5, 0.6) is 11.5 Å². The molecule has 0 aliphatic carbocycles. The summed E-state index contributed by atoms with van der Waals surface area (Å²) in [5, 5.41) is 30.8. The maximum absolute atomic E-state index is 11.9. The molecule has 0 aliphatic rings. The van der Waals surface area contributed by atoms with Crippen LogP contribution in [0, 0.1) is 18.8 Å². The molecule has 0 spiro atoms. The summed E-state index contributed by atoms with van der Waals surface area (Å²) in [4.78, 5) is 12.4. The van der Waals surface area contributed by atoms with Crippen LogP contribution < -0.4 is 16.2 Å². The van der Waals surface area contributed by atoms with Crippen molar-refractivity contribution in [2.75, 3.05) is 23.3 Å². The second kappa shape index (κ2) is 12.1. The van der Waals surface area contributed by atoms with Gasteiger partial charge in [-0.15, -0.1) is 5.43 Å². The third kappa shape index (κ3) is 6.85. The van der Waals surface area contributed by atoms with Crippen LogP contribution in [0.25, 0.3) is 0 Å². The fraction of sp³-hybridized carbons (Fsp3) is 0.143. The van der Waals surface area contributed by atoms with Gasteiger partial charge < -0.3 is 15.5 Å². The molecule has 6 N–H and O–H groups in total. The zero-order valence-electron chi connectivity index (χ0n) is 17.2. The molecule has 0 radical (unpaired) electrons. The number of anilines is 3. The fourth-order valence-electron chi connectivity index (χ4n) is 2.57. The zero-order chi connectivity index (χ0) is 22.3. The number of phenolic OH excluding ortho intramolecular Hbond substituents is 2. The Labute approximate surface area is 199 Å². The Hall–Kier alpha value is -2.80. The van der Waals surface area contributed by atoms with E-state index in [1.165, 1.54) is 12.1 Å². The minimum absolute atomic E-state index is 0. The number of benzene rings is 3. The van der Waals surface area contributed by atoms with Crippen LogP contribution in [0.4, 0.5) is 22.7 Å². The van der Waals surface area contributed by atoms with E-state index in [2.05, 4.69) is 16.2 Å². The van der Waals surface area contributed by atoms with Gasteiger partial charge in [-0.1, -0.05) is 23.7 Å². The smallest absolute Gasteiger partial charge is 0.296 e. The number of nitrogens with zero attached hydrogens (tertiary/aromatic N) is 1. The molecule has 31 heavy (non-hydrogen) atoms. The third-order valence-electron chi connectivity index (χ3n) is 4.41. The summed E-state index contributed by atoms with van der Waals surface area (Å²) >= 11 is 5.96. The van der Waals surface area contributed by atoms with Gasteiger partial charge in [-0.05, 0) is 55.3 Å². The Morgan fingerprint density at radius 1 is 0.871 bits per heavy atom. The average Bonchev–Trinajstić information content (AvgIpc) is 2.74. The molecule has 10 heteroatoms. The van der Waals surface area contributed by atoms with Crippen molar-refractivity contribution in [3.8, 4) is 11.5 Å². The second-order valence-electron chi connectivity index (χ2n) is 6.33. The first-order chi connectivity index (χ1) is 14.3. The molecule has 0 saturated heterocycles. The average molecular weight is 616 g/mol. The molecule has 3 rings (SSSR count). The Bertz CT molecular complexity index is 1030. The Morgan fingerprint density at radius 3 is 2.10 bits per heavy atom. The number of hydrogen-bond acceptors (Lipinski definition) is 6. The van der Waals surface area contributed by atoms with E-state index in [4.69, 9.17) is 16.8 Å². The predicted octanol–water partition coefficient (Wildman–Crippen LogP) is 5.33. The van der Waals surface area contributed by atoms with Crippen LogP contribution in [0.15, 0.2) is 54.6 Å². The summed E-state index contributed by atoms with van der Waals surface area (Å²) in [7, 11) is 1.85. The predicted molar refractivity (Wildman–Crippen MR) is 119 cm³/mol. The van der Waals surface area contributed by atoms with E-state index in [1.54, 1.807) is 25.1 Å². The number of hydrazine groups is 1. The van der Waals surface area contributed by atoms with Gasteiger partial charge >= 0.3 is 0 Å². The molecule has 164 valence electrons. The van der Waals surface area contributed by atoms with Crippen LogP contribution >= 0.6 is 11.6 Å². The van der Waals surface area contributed by atoms with E-state index in [0.717, 1.165) is 28.6 Å². The van der Waals surface area contributed by atoms with Crippen molar-refractivity contribution >= 4 is 34.4 Å². The molecule has 0 amide bonds. The van der Waals surface area contributed by atoms with E-state index in [9.17, 15) is 15.1 Å². The molecule has 0 aromatic heterocycles. The van der Waals surface area contributed by atoms with Crippen LogP contribution in [-0.2, 0) is 21.1 Å². The van der Waals surface area contributed by atoms with Gasteiger partial charge in [0.25, 0.3) is 5.69 Å². The topological polar surface area (TPSA) is 117 Å². The van der Waals surface area contributed by atoms with Crippen molar-refractivity contribution in [1.29, 1.82) is 0 Å². The minimum Gasteiger partial charge on any atom is -0.504 e. The first-order valence-corrected chi connectivity index (χ1v) is 9.34. The molecule has 8 nitrogen and oxygen atoms in total. The number of rotatable bonds is 5. The van der Waals surface area contributed by atoms with E-state index in [0.29, 0.717) is 15.6 Å². The van der Waals surface area contributed by atoms with Crippen molar-refractivity contribution in [2.45, 2.75) is 13.8 Å². The summed E-state index contributed by atoms with van der Waals surface area (Å²) in [6, 6.07) is 14.6. The third-order valence-corrected chi connectivity index (χ3v) is 4.82. The molecule has 0 unspecified atom stereocenters. The molecule has 0 fully saturated rings. The van der Waals surface area contributed by atoms with Gasteiger partial charge in [-0.3, -0.25) is 10.7 Å². The number of phenols is 2. The Kier molecular flexibility index (Phi) is 10.3. The van der Waals surface area contributed by atoms with Crippen LogP contribution in [0.3, 0.4) is 0 Å². The number of halogens is 1. The number of nitroso groups, excluding NO2 is 1. The van der Waals surface area contributed by atoms with E-state index >= 15 is 0 Å². The first-order valence-electron chi connectivity index (χ1n) is 8.97. The largest absolute Gasteiger partial charge is 0.504 e. The maximum atomic E-state index is 11.9. The monoisotopic (exact) mass is 615 g/mol. The van der Waals surface area contributed by atoms with Gasteiger partial charge in [0.1, 0.15) is 5.69 Å². The Balaban J connectivity index is 0.000000344. The summed E-state index contributed by atoms with van der Waals surface area (Å²) in [6.07, 6.45) is 0. The van der Waals surface area contributed by atoms with Gasteiger partial charge in [-0.25, -0.2) is 0 Å². The van der Waals surface area contributed by atoms with Crippen molar-refractivity contribution < 1.29 is 41.4 Å². The minimum atomic E-state index is -0.358. The SMILES string of the molecule is CNc1cccc(NO)c1C.Cc1c(Cl)cccc1N[N+](=O)c1ccc(O)c(O)c1.[W]. The van der Waals surface area contributed by atoms with Crippen LogP contribution in [-0.4, -0.2) is 27.3 Å². The molecule has 0 atom stereocenters. The fourth-order valence-corrected chi connectivity index (χ4v) is 2.74. The first kappa shape index (κ1) is 26.2. The van der Waals surface area contributed by atoms with Gasteiger partial charge in [0.15, 0.2) is 16.4 Å². The quantitative estimate of drug-likeness (QED) is 0.131. The molecule has 3 aromatic carbocycles. The summed E-state index contributed by atoms with van der Waals surface area (Å²) < 4.78 is 0. The number of aromatic hydroxyl groups is 2. The van der Waals surface area contributed by atoms with Crippen LogP contribution in [0.1, 0.15) is 11.1 Å². The summed E-state index contributed by atoms with van der Waals surface area (Å²) in [6.45, 7) is 3.72. The number of nitrogens with one attached hydrogen (secondary N) is 3. The molecule has 0 saturated carbocycles. The van der Waals surface area contributed by atoms with Crippen molar-refractivity contribution in [2.24, 2.45) is 0 Å². The molecule has 0 bridgehead atoms. The molecule has 0 heterocycles.